The Morgan fingerprint density at radius 3 is 2.56 bits per heavy atom. The number of aromatic nitrogens is 2. The minimum atomic E-state index is 0.261. The van der Waals surface area contributed by atoms with Crippen LogP contribution in [0, 0.1) is 0 Å². The van der Waals surface area contributed by atoms with Crippen LogP contribution in [0.3, 0.4) is 0 Å². The lowest BCUT2D eigenvalue weighted by atomic mass is 10.5. The molecular weight excluding hydrogens is 206 g/mol. The van der Waals surface area contributed by atoms with Gasteiger partial charge in [-0.25, -0.2) is 0 Å². The summed E-state index contributed by atoms with van der Waals surface area (Å²) >= 11 is 0. The predicted octanol–water partition coefficient (Wildman–Crippen LogP) is 0.939. The second kappa shape index (κ2) is 6.84. The van der Waals surface area contributed by atoms with Crippen LogP contribution < -0.4 is 16.4 Å². The third-order valence-electron chi connectivity index (χ3n) is 1.86. The van der Waals surface area contributed by atoms with Gasteiger partial charge in [-0.05, 0) is 13.8 Å². The highest BCUT2D eigenvalue weighted by atomic mass is 16.5. The monoisotopic (exact) mass is 225 g/mol. The molecule has 0 bridgehead atoms. The van der Waals surface area contributed by atoms with Crippen LogP contribution in [0.15, 0.2) is 6.07 Å². The molecule has 16 heavy (non-hydrogen) atoms. The smallest absolute Gasteiger partial charge is 0.223 e. The van der Waals surface area contributed by atoms with Crippen molar-refractivity contribution in [1.29, 1.82) is 0 Å². The molecule has 4 N–H and O–H groups in total. The molecule has 1 aromatic rings. The van der Waals surface area contributed by atoms with E-state index in [0.29, 0.717) is 19.0 Å². The van der Waals surface area contributed by atoms with Crippen LogP contribution in [0.5, 0.6) is 0 Å². The zero-order valence-electron chi connectivity index (χ0n) is 9.79. The van der Waals surface area contributed by atoms with Crippen molar-refractivity contribution in [3.63, 3.8) is 0 Å². The maximum atomic E-state index is 5.59. The third kappa shape index (κ3) is 4.31. The number of ether oxygens (including phenoxy) is 1. The number of nitrogens with one attached hydrogen (secondary N) is 2. The molecule has 0 spiro atoms. The van der Waals surface area contributed by atoms with Gasteiger partial charge in [-0.2, -0.15) is 9.97 Å². The molecule has 0 fully saturated rings. The first-order valence-electron chi connectivity index (χ1n) is 5.46. The maximum absolute atomic E-state index is 5.59. The van der Waals surface area contributed by atoms with E-state index in [-0.39, 0.29) is 5.95 Å². The predicted molar refractivity (Wildman–Crippen MR) is 65.6 cm³/mol. The van der Waals surface area contributed by atoms with Crippen LogP contribution in [-0.4, -0.2) is 36.3 Å². The molecule has 6 heteroatoms. The van der Waals surface area contributed by atoms with Crippen molar-refractivity contribution in [2.24, 2.45) is 0 Å². The fraction of sp³-hybridized carbons (Fsp3) is 0.600. The van der Waals surface area contributed by atoms with Crippen molar-refractivity contribution in [2.75, 3.05) is 42.7 Å². The molecule has 1 heterocycles. The molecule has 0 saturated heterocycles. The van der Waals surface area contributed by atoms with E-state index in [2.05, 4.69) is 20.6 Å². The number of anilines is 3. The zero-order chi connectivity index (χ0) is 11.8. The SMILES string of the molecule is CCNc1cc(NCCOCC)nc(N)n1. The van der Waals surface area contributed by atoms with Crippen LogP contribution in [0.25, 0.3) is 0 Å². The van der Waals surface area contributed by atoms with Gasteiger partial charge >= 0.3 is 0 Å². The molecule has 0 aliphatic heterocycles. The van der Waals surface area contributed by atoms with Gasteiger partial charge in [-0.15, -0.1) is 0 Å². The lowest BCUT2D eigenvalue weighted by molar-refractivity contribution is 0.158. The van der Waals surface area contributed by atoms with E-state index in [9.17, 15) is 0 Å². The summed E-state index contributed by atoms with van der Waals surface area (Å²) in [5.74, 6) is 1.70. The molecule has 0 saturated carbocycles. The summed E-state index contributed by atoms with van der Waals surface area (Å²) in [5, 5.41) is 6.21. The van der Waals surface area contributed by atoms with Crippen molar-refractivity contribution in [3.05, 3.63) is 6.07 Å². The molecular formula is C10H19N5O. The number of nitrogens with two attached hydrogens (primary N) is 1. The Labute approximate surface area is 95.6 Å². The van der Waals surface area contributed by atoms with Gasteiger partial charge in [-0.3, -0.25) is 0 Å². The molecule has 0 aromatic carbocycles. The lowest BCUT2D eigenvalue weighted by Crippen LogP contribution is -2.12. The maximum Gasteiger partial charge on any atom is 0.223 e. The molecule has 0 amide bonds. The molecule has 6 nitrogen and oxygen atoms in total. The summed E-state index contributed by atoms with van der Waals surface area (Å²) in [6.07, 6.45) is 0. The Bertz CT molecular complexity index is 318. The largest absolute Gasteiger partial charge is 0.380 e. The number of rotatable bonds is 7. The van der Waals surface area contributed by atoms with Gasteiger partial charge < -0.3 is 21.1 Å². The first-order valence-corrected chi connectivity index (χ1v) is 5.46. The van der Waals surface area contributed by atoms with E-state index < -0.39 is 0 Å². The first kappa shape index (κ1) is 12.5. The fourth-order valence-electron chi connectivity index (χ4n) is 1.22. The lowest BCUT2D eigenvalue weighted by Gasteiger charge is -2.08. The van der Waals surface area contributed by atoms with Crippen LogP contribution in [-0.2, 0) is 4.74 Å². The molecule has 1 aromatic heterocycles. The van der Waals surface area contributed by atoms with Crippen molar-refractivity contribution in [3.8, 4) is 0 Å². The summed E-state index contributed by atoms with van der Waals surface area (Å²) in [6.45, 7) is 6.84. The van der Waals surface area contributed by atoms with Gasteiger partial charge in [0.2, 0.25) is 5.95 Å². The quantitative estimate of drug-likeness (QED) is 0.599. The van der Waals surface area contributed by atoms with Crippen LogP contribution in [0.1, 0.15) is 13.8 Å². The van der Waals surface area contributed by atoms with Crippen molar-refractivity contribution in [1.82, 2.24) is 9.97 Å². The topological polar surface area (TPSA) is 85.1 Å². The van der Waals surface area contributed by atoms with Gasteiger partial charge in [-0.1, -0.05) is 0 Å². The molecule has 0 aliphatic carbocycles. The van der Waals surface area contributed by atoms with Gasteiger partial charge in [0, 0.05) is 25.8 Å². The average molecular weight is 225 g/mol. The highest BCUT2D eigenvalue weighted by molar-refractivity contribution is 5.50. The first-order chi connectivity index (χ1) is 7.76. The van der Waals surface area contributed by atoms with E-state index in [4.69, 9.17) is 10.5 Å². The Morgan fingerprint density at radius 2 is 1.94 bits per heavy atom. The summed E-state index contributed by atoms with van der Waals surface area (Å²) in [5.41, 5.74) is 5.59. The number of nitrogen functional groups attached to an aromatic ring is 1. The van der Waals surface area contributed by atoms with Crippen molar-refractivity contribution >= 4 is 17.6 Å². The normalized spacial score (nSPS) is 10.1. The summed E-state index contributed by atoms with van der Waals surface area (Å²) in [7, 11) is 0. The highest BCUT2D eigenvalue weighted by Crippen LogP contribution is 2.11. The molecule has 0 aliphatic rings. The molecule has 0 unspecified atom stereocenters. The van der Waals surface area contributed by atoms with E-state index in [0.717, 1.165) is 19.0 Å². The minimum Gasteiger partial charge on any atom is -0.380 e. The molecule has 1 rings (SSSR count). The highest BCUT2D eigenvalue weighted by Gasteiger charge is 2.00. The Morgan fingerprint density at radius 1 is 1.25 bits per heavy atom. The number of hydrogen-bond donors (Lipinski definition) is 3. The second-order valence-electron chi connectivity index (χ2n) is 3.15. The van der Waals surface area contributed by atoms with E-state index in [1.165, 1.54) is 0 Å². The Kier molecular flexibility index (Phi) is 5.35. The van der Waals surface area contributed by atoms with Gasteiger partial charge in [0.25, 0.3) is 0 Å². The molecule has 0 atom stereocenters. The Hall–Kier alpha value is -1.56. The third-order valence-corrected chi connectivity index (χ3v) is 1.86. The minimum absolute atomic E-state index is 0.261. The number of hydrogen-bond acceptors (Lipinski definition) is 6. The van der Waals surface area contributed by atoms with Gasteiger partial charge in [0.05, 0.1) is 6.61 Å². The second-order valence-corrected chi connectivity index (χ2v) is 3.15. The van der Waals surface area contributed by atoms with Gasteiger partial charge in [0.15, 0.2) is 0 Å². The van der Waals surface area contributed by atoms with Crippen molar-refractivity contribution < 1.29 is 4.74 Å². The van der Waals surface area contributed by atoms with E-state index in [1.807, 2.05) is 19.9 Å². The summed E-state index contributed by atoms with van der Waals surface area (Å²) in [4.78, 5) is 8.13. The fourth-order valence-corrected chi connectivity index (χ4v) is 1.22. The Balaban J connectivity index is 2.51. The average Bonchev–Trinajstić information content (AvgIpc) is 2.24. The van der Waals surface area contributed by atoms with Gasteiger partial charge in [0.1, 0.15) is 11.6 Å². The van der Waals surface area contributed by atoms with Crippen LogP contribution in [0.2, 0.25) is 0 Å². The van der Waals surface area contributed by atoms with E-state index in [1.54, 1.807) is 0 Å². The zero-order valence-corrected chi connectivity index (χ0v) is 9.79. The van der Waals surface area contributed by atoms with Crippen LogP contribution in [0.4, 0.5) is 17.6 Å². The summed E-state index contributed by atoms with van der Waals surface area (Å²) in [6, 6.07) is 1.83. The molecule has 0 radical (unpaired) electrons. The molecule has 90 valence electrons. The van der Waals surface area contributed by atoms with Crippen molar-refractivity contribution in [2.45, 2.75) is 13.8 Å². The van der Waals surface area contributed by atoms with Crippen LogP contribution >= 0.6 is 0 Å². The van der Waals surface area contributed by atoms with E-state index >= 15 is 0 Å². The standard InChI is InChI=1S/C10H19N5O/c1-3-12-8-7-9(15-10(11)14-8)13-5-6-16-4-2/h7H,3-6H2,1-2H3,(H4,11,12,13,14,15). The number of nitrogens with zero attached hydrogens (tertiary/aromatic N) is 2. The summed E-state index contributed by atoms with van der Waals surface area (Å²) < 4.78 is 5.21.